The summed E-state index contributed by atoms with van der Waals surface area (Å²) in [6.07, 6.45) is 0. The van der Waals surface area contributed by atoms with Crippen molar-refractivity contribution in [2.75, 3.05) is 4.72 Å². The first-order chi connectivity index (χ1) is 9.29. The smallest absolute Gasteiger partial charge is 0.270 e. The van der Waals surface area contributed by atoms with Gasteiger partial charge in [0.25, 0.3) is 15.7 Å². The van der Waals surface area contributed by atoms with Gasteiger partial charge in [0.15, 0.2) is 5.82 Å². The molecule has 0 saturated carbocycles. The Morgan fingerprint density at radius 2 is 2.10 bits per heavy atom. The molecule has 0 spiro atoms. The Morgan fingerprint density at radius 3 is 2.65 bits per heavy atom. The lowest BCUT2D eigenvalue weighted by Crippen LogP contribution is -2.14. The number of anilines is 1. The van der Waals surface area contributed by atoms with Crippen LogP contribution in [0.25, 0.3) is 0 Å². The largest absolute Gasteiger partial charge is 0.360 e. The second-order valence-corrected chi connectivity index (χ2v) is 5.86. The Balaban J connectivity index is 2.43. The SMILES string of the molecule is Cc1cc(NS(=O)(=O)c2cc([N+](=O)[O-])ccc2Cl)no1. The van der Waals surface area contributed by atoms with E-state index in [-0.39, 0.29) is 16.5 Å². The van der Waals surface area contributed by atoms with E-state index in [0.717, 1.165) is 18.2 Å². The van der Waals surface area contributed by atoms with E-state index in [4.69, 9.17) is 16.1 Å². The number of nitrogens with zero attached hydrogens (tertiary/aromatic N) is 2. The minimum Gasteiger partial charge on any atom is -0.360 e. The van der Waals surface area contributed by atoms with Crippen LogP contribution in [0.4, 0.5) is 11.5 Å². The molecule has 0 fully saturated rings. The molecule has 106 valence electrons. The van der Waals surface area contributed by atoms with Crippen LogP contribution in [0.5, 0.6) is 0 Å². The summed E-state index contributed by atoms with van der Waals surface area (Å²) < 4.78 is 31.1. The zero-order valence-electron chi connectivity index (χ0n) is 10.0. The summed E-state index contributed by atoms with van der Waals surface area (Å²) in [6.45, 7) is 1.59. The van der Waals surface area contributed by atoms with Crippen LogP contribution in [-0.4, -0.2) is 18.5 Å². The molecule has 0 atom stereocenters. The van der Waals surface area contributed by atoms with E-state index < -0.39 is 19.8 Å². The van der Waals surface area contributed by atoms with E-state index in [2.05, 4.69) is 9.88 Å². The zero-order valence-corrected chi connectivity index (χ0v) is 11.6. The number of halogens is 1. The maximum Gasteiger partial charge on any atom is 0.270 e. The number of hydrogen-bond acceptors (Lipinski definition) is 6. The lowest BCUT2D eigenvalue weighted by atomic mass is 10.3. The van der Waals surface area contributed by atoms with Gasteiger partial charge in [-0.2, -0.15) is 0 Å². The number of non-ortho nitro benzene ring substituents is 1. The molecule has 1 N–H and O–H groups in total. The van der Waals surface area contributed by atoms with Gasteiger partial charge in [-0.1, -0.05) is 16.8 Å². The van der Waals surface area contributed by atoms with Crippen LogP contribution in [0.15, 0.2) is 33.7 Å². The summed E-state index contributed by atoms with van der Waals surface area (Å²) in [4.78, 5) is 9.55. The van der Waals surface area contributed by atoms with Gasteiger partial charge in [0, 0.05) is 18.2 Å². The molecular formula is C10H8ClN3O5S. The molecule has 0 unspecified atom stereocenters. The minimum absolute atomic E-state index is 0.0370. The molecule has 0 aliphatic heterocycles. The molecular weight excluding hydrogens is 310 g/mol. The number of aryl methyl sites for hydroxylation is 1. The summed E-state index contributed by atoms with van der Waals surface area (Å²) in [5.74, 6) is 0.373. The number of nitrogens with one attached hydrogen (secondary N) is 1. The van der Waals surface area contributed by atoms with Gasteiger partial charge >= 0.3 is 0 Å². The van der Waals surface area contributed by atoms with Crippen molar-refractivity contribution in [3.63, 3.8) is 0 Å². The molecule has 1 aromatic heterocycles. The molecule has 1 heterocycles. The van der Waals surface area contributed by atoms with Gasteiger partial charge in [-0.05, 0) is 13.0 Å². The summed E-state index contributed by atoms with van der Waals surface area (Å²) in [7, 11) is -4.10. The van der Waals surface area contributed by atoms with Gasteiger partial charge in [0.2, 0.25) is 0 Å². The third-order valence-electron chi connectivity index (χ3n) is 2.28. The van der Waals surface area contributed by atoms with E-state index in [1.165, 1.54) is 6.07 Å². The van der Waals surface area contributed by atoms with Gasteiger partial charge in [-0.25, -0.2) is 8.42 Å². The van der Waals surface area contributed by atoms with E-state index in [1.54, 1.807) is 6.92 Å². The molecule has 1 aromatic carbocycles. The molecule has 0 aliphatic carbocycles. The Kier molecular flexibility index (Phi) is 3.64. The van der Waals surface area contributed by atoms with Gasteiger partial charge in [0.1, 0.15) is 10.7 Å². The molecule has 20 heavy (non-hydrogen) atoms. The normalized spacial score (nSPS) is 11.3. The van der Waals surface area contributed by atoms with Crippen molar-refractivity contribution in [3.8, 4) is 0 Å². The molecule has 8 nitrogen and oxygen atoms in total. The van der Waals surface area contributed by atoms with Crippen LogP contribution < -0.4 is 4.72 Å². The Hall–Kier alpha value is -2.13. The third kappa shape index (κ3) is 2.89. The summed E-state index contributed by atoms with van der Waals surface area (Å²) in [5.41, 5.74) is -0.383. The van der Waals surface area contributed by atoms with Crippen molar-refractivity contribution in [3.05, 3.63) is 45.2 Å². The summed E-state index contributed by atoms with van der Waals surface area (Å²) in [6, 6.07) is 4.49. The molecule has 0 aliphatic rings. The van der Waals surface area contributed by atoms with Crippen molar-refractivity contribution < 1.29 is 17.9 Å². The van der Waals surface area contributed by atoms with Crippen LogP contribution in [0.2, 0.25) is 5.02 Å². The van der Waals surface area contributed by atoms with Crippen molar-refractivity contribution >= 4 is 33.1 Å². The second kappa shape index (κ2) is 5.10. The van der Waals surface area contributed by atoms with Gasteiger partial charge in [0.05, 0.1) is 9.95 Å². The van der Waals surface area contributed by atoms with Crippen molar-refractivity contribution in [1.29, 1.82) is 0 Å². The first-order valence-corrected chi connectivity index (χ1v) is 7.06. The summed E-state index contributed by atoms with van der Waals surface area (Å²) >= 11 is 5.77. The van der Waals surface area contributed by atoms with Crippen LogP contribution in [0, 0.1) is 17.0 Å². The highest BCUT2D eigenvalue weighted by molar-refractivity contribution is 7.92. The number of hydrogen-bond donors (Lipinski definition) is 1. The zero-order chi connectivity index (χ0) is 14.9. The number of rotatable bonds is 4. The van der Waals surface area contributed by atoms with Gasteiger partial charge < -0.3 is 4.52 Å². The number of sulfonamides is 1. The van der Waals surface area contributed by atoms with Gasteiger partial charge in [-0.3, -0.25) is 14.8 Å². The average Bonchev–Trinajstić information content (AvgIpc) is 2.73. The molecule has 0 amide bonds. The van der Waals surface area contributed by atoms with E-state index in [0.29, 0.717) is 5.76 Å². The van der Waals surface area contributed by atoms with Crippen molar-refractivity contribution in [1.82, 2.24) is 5.16 Å². The molecule has 0 bridgehead atoms. The van der Waals surface area contributed by atoms with Crippen molar-refractivity contribution in [2.24, 2.45) is 0 Å². The molecule has 0 saturated heterocycles. The summed E-state index contributed by atoms with van der Waals surface area (Å²) in [5, 5.41) is 14.0. The van der Waals surface area contributed by atoms with E-state index in [9.17, 15) is 18.5 Å². The lowest BCUT2D eigenvalue weighted by molar-refractivity contribution is -0.385. The molecule has 0 radical (unpaired) electrons. The Labute approximate surface area is 118 Å². The topological polar surface area (TPSA) is 115 Å². The first-order valence-electron chi connectivity index (χ1n) is 5.20. The maximum atomic E-state index is 12.1. The minimum atomic E-state index is -4.10. The second-order valence-electron chi connectivity index (χ2n) is 3.80. The lowest BCUT2D eigenvalue weighted by Gasteiger charge is -2.06. The van der Waals surface area contributed by atoms with Crippen LogP contribution >= 0.6 is 11.6 Å². The number of nitro benzene ring substituents is 1. The standard InChI is InChI=1S/C10H8ClN3O5S/c1-6-4-10(12-19-6)13-20(17,18)9-5-7(14(15)16)2-3-8(9)11/h2-5H,1H3,(H,12,13). The average molecular weight is 318 g/mol. The fourth-order valence-corrected chi connectivity index (χ4v) is 2.92. The van der Waals surface area contributed by atoms with Crippen LogP contribution in [0.1, 0.15) is 5.76 Å². The fourth-order valence-electron chi connectivity index (χ4n) is 1.42. The van der Waals surface area contributed by atoms with Crippen LogP contribution in [0.3, 0.4) is 0 Å². The molecule has 2 rings (SSSR count). The van der Waals surface area contributed by atoms with Crippen LogP contribution in [-0.2, 0) is 10.0 Å². The quantitative estimate of drug-likeness (QED) is 0.683. The predicted octanol–water partition coefficient (Wildman–Crippen LogP) is 2.35. The molecule has 10 heteroatoms. The third-order valence-corrected chi connectivity index (χ3v) is 4.12. The fraction of sp³-hybridized carbons (Fsp3) is 0.100. The number of nitro groups is 1. The number of benzene rings is 1. The Morgan fingerprint density at radius 1 is 1.40 bits per heavy atom. The monoisotopic (exact) mass is 317 g/mol. The van der Waals surface area contributed by atoms with Gasteiger partial charge in [-0.15, -0.1) is 0 Å². The maximum absolute atomic E-state index is 12.1. The van der Waals surface area contributed by atoms with Crippen molar-refractivity contribution in [2.45, 2.75) is 11.8 Å². The predicted molar refractivity (Wildman–Crippen MR) is 70.2 cm³/mol. The highest BCUT2D eigenvalue weighted by Crippen LogP contribution is 2.27. The highest BCUT2D eigenvalue weighted by Gasteiger charge is 2.22. The molecule has 2 aromatic rings. The van der Waals surface area contributed by atoms with E-state index >= 15 is 0 Å². The number of aromatic nitrogens is 1. The first kappa shape index (κ1) is 14.3. The van der Waals surface area contributed by atoms with E-state index in [1.807, 2.05) is 0 Å². The highest BCUT2D eigenvalue weighted by atomic mass is 35.5. The Bertz CT molecular complexity index is 771.